The van der Waals surface area contributed by atoms with Crippen molar-refractivity contribution in [3.05, 3.63) is 59.9 Å². The number of ether oxygens (including phenoxy) is 3. The molecule has 1 amide bonds. The van der Waals surface area contributed by atoms with Gasteiger partial charge in [-0.1, -0.05) is 24.3 Å². The number of halogens is 1. The van der Waals surface area contributed by atoms with Crippen molar-refractivity contribution in [1.82, 2.24) is 10.2 Å². The van der Waals surface area contributed by atoms with E-state index >= 15 is 0 Å². The molecule has 3 unspecified atom stereocenters. The first-order chi connectivity index (χ1) is 14.1. The van der Waals surface area contributed by atoms with E-state index in [-0.39, 0.29) is 17.8 Å². The van der Waals surface area contributed by atoms with Crippen LogP contribution in [0.3, 0.4) is 0 Å². The molecule has 7 heteroatoms. The molecule has 2 aromatic carbocycles. The quantitative estimate of drug-likeness (QED) is 0.836. The number of amides is 1. The third-order valence-electron chi connectivity index (χ3n) is 5.31. The Morgan fingerprint density at radius 1 is 1.10 bits per heavy atom. The number of hydrogen-bond acceptors (Lipinski definition) is 5. The average Bonchev–Trinajstić information content (AvgIpc) is 2.75. The van der Waals surface area contributed by atoms with E-state index < -0.39 is 12.2 Å². The lowest BCUT2D eigenvalue weighted by Crippen LogP contribution is -2.51. The van der Waals surface area contributed by atoms with E-state index in [9.17, 15) is 9.18 Å². The van der Waals surface area contributed by atoms with Crippen LogP contribution in [0.25, 0.3) is 0 Å². The van der Waals surface area contributed by atoms with E-state index in [0.29, 0.717) is 31.3 Å². The summed E-state index contributed by atoms with van der Waals surface area (Å²) in [6.07, 6.45) is -1.14. The number of carbonyl (C=O) groups is 1. The van der Waals surface area contributed by atoms with Gasteiger partial charge in [-0.15, -0.1) is 0 Å². The van der Waals surface area contributed by atoms with Crippen molar-refractivity contribution < 1.29 is 23.4 Å². The molecule has 0 bridgehead atoms. The summed E-state index contributed by atoms with van der Waals surface area (Å²) in [5.74, 6) is 0.696. The van der Waals surface area contributed by atoms with Crippen LogP contribution in [0.1, 0.15) is 18.5 Å². The molecule has 6 nitrogen and oxygen atoms in total. The predicted octanol–water partition coefficient (Wildman–Crippen LogP) is 2.54. The Balaban J connectivity index is 1.45. The third kappa shape index (κ3) is 4.52. The fraction of sp³-hybridized carbons (Fsp3) is 0.409. The van der Waals surface area contributed by atoms with Gasteiger partial charge in [-0.25, -0.2) is 4.39 Å². The molecule has 0 saturated carbocycles. The van der Waals surface area contributed by atoms with Crippen molar-refractivity contribution in [3.63, 3.8) is 0 Å². The van der Waals surface area contributed by atoms with Crippen molar-refractivity contribution in [2.75, 3.05) is 32.8 Å². The molecule has 0 radical (unpaired) electrons. The zero-order valence-corrected chi connectivity index (χ0v) is 16.3. The van der Waals surface area contributed by atoms with Crippen LogP contribution >= 0.6 is 0 Å². The Labute approximate surface area is 169 Å². The van der Waals surface area contributed by atoms with E-state index in [4.69, 9.17) is 14.2 Å². The topological polar surface area (TPSA) is 60.0 Å². The van der Waals surface area contributed by atoms with Gasteiger partial charge >= 0.3 is 0 Å². The molecule has 3 atom stereocenters. The number of fused-ring (bicyclic) bond motifs is 1. The van der Waals surface area contributed by atoms with Gasteiger partial charge < -0.3 is 19.5 Å². The number of benzene rings is 2. The summed E-state index contributed by atoms with van der Waals surface area (Å²) in [5.41, 5.74) is 0.952. The average molecular weight is 400 g/mol. The smallest absolute Gasteiger partial charge is 0.265 e. The van der Waals surface area contributed by atoms with Gasteiger partial charge in [0.1, 0.15) is 11.9 Å². The molecule has 154 valence electrons. The standard InChI is InChI=1S/C22H25FN2O4/c1-15-21(29-20-5-3-2-4-19(20)28-15)22(26)24-14-18(25-10-12-27-13-11-25)16-6-8-17(23)9-7-16/h2-9,15,18,21H,10-14H2,1H3,(H,24,26). The number of hydrogen-bond donors (Lipinski definition) is 1. The van der Waals surface area contributed by atoms with Crippen LogP contribution in [-0.4, -0.2) is 55.9 Å². The van der Waals surface area contributed by atoms with Crippen LogP contribution in [0.2, 0.25) is 0 Å². The largest absolute Gasteiger partial charge is 0.482 e. The molecular formula is C22H25FN2O4. The normalized spacial score (nSPS) is 22.7. The molecule has 4 rings (SSSR count). The zero-order chi connectivity index (χ0) is 20.2. The number of morpholine rings is 1. The Kier molecular flexibility index (Phi) is 5.97. The Morgan fingerprint density at radius 2 is 1.76 bits per heavy atom. The lowest BCUT2D eigenvalue weighted by Gasteiger charge is -2.36. The van der Waals surface area contributed by atoms with E-state index in [1.807, 2.05) is 25.1 Å². The highest BCUT2D eigenvalue weighted by Gasteiger charge is 2.34. The fourth-order valence-electron chi connectivity index (χ4n) is 3.74. The summed E-state index contributed by atoms with van der Waals surface area (Å²) in [7, 11) is 0. The number of nitrogens with one attached hydrogen (secondary N) is 1. The van der Waals surface area contributed by atoms with Crippen molar-refractivity contribution in [2.24, 2.45) is 0 Å². The van der Waals surface area contributed by atoms with Gasteiger partial charge in [-0.2, -0.15) is 0 Å². The lowest BCUT2D eigenvalue weighted by molar-refractivity contribution is -0.133. The van der Waals surface area contributed by atoms with E-state index in [1.165, 1.54) is 12.1 Å². The van der Waals surface area contributed by atoms with Gasteiger partial charge in [0.2, 0.25) is 6.10 Å². The highest BCUT2D eigenvalue weighted by atomic mass is 19.1. The first-order valence-electron chi connectivity index (χ1n) is 9.89. The minimum absolute atomic E-state index is 0.0736. The van der Waals surface area contributed by atoms with Crippen LogP contribution in [-0.2, 0) is 9.53 Å². The summed E-state index contributed by atoms with van der Waals surface area (Å²) in [6.45, 7) is 4.99. The van der Waals surface area contributed by atoms with Gasteiger partial charge in [0.25, 0.3) is 5.91 Å². The summed E-state index contributed by atoms with van der Waals surface area (Å²) in [6, 6.07) is 13.7. The molecule has 29 heavy (non-hydrogen) atoms. The summed E-state index contributed by atoms with van der Waals surface area (Å²) in [5, 5.41) is 3.00. The predicted molar refractivity (Wildman–Crippen MR) is 105 cm³/mol. The van der Waals surface area contributed by atoms with E-state index in [2.05, 4.69) is 10.2 Å². The summed E-state index contributed by atoms with van der Waals surface area (Å²) in [4.78, 5) is 15.1. The molecular weight excluding hydrogens is 375 g/mol. The Hall–Kier alpha value is -2.64. The monoisotopic (exact) mass is 400 g/mol. The zero-order valence-electron chi connectivity index (χ0n) is 16.3. The van der Waals surface area contributed by atoms with E-state index in [1.54, 1.807) is 18.2 Å². The van der Waals surface area contributed by atoms with Crippen molar-refractivity contribution in [2.45, 2.75) is 25.2 Å². The first kappa shape index (κ1) is 19.7. The molecule has 0 aliphatic carbocycles. The minimum Gasteiger partial charge on any atom is -0.482 e. The maximum Gasteiger partial charge on any atom is 0.265 e. The second-order valence-electron chi connectivity index (χ2n) is 7.27. The van der Waals surface area contributed by atoms with Crippen LogP contribution in [0.15, 0.2) is 48.5 Å². The van der Waals surface area contributed by atoms with Gasteiger partial charge in [0, 0.05) is 19.6 Å². The van der Waals surface area contributed by atoms with Gasteiger partial charge in [-0.3, -0.25) is 9.69 Å². The highest BCUT2D eigenvalue weighted by molar-refractivity contribution is 5.82. The van der Waals surface area contributed by atoms with Crippen LogP contribution < -0.4 is 14.8 Å². The number of rotatable bonds is 5. The first-order valence-corrected chi connectivity index (χ1v) is 9.89. The summed E-state index contributed by atoms with van der Waals surface area (Å²) < 4.78 is 30.5. The minimum atomic E-state index is -0.733. The van der Waals surface area contributed by atoms with Crippen LogP contribution in [0.4, 0.5) is 4.39 Å². The summed E-state index contributed by atoms with van der Waals surface area (Å²) >= 11 is 0. The molecule has 1 N–H and O–H groups in total. The van der Waals surface area contributed by atoms with Gasteiger partial charge in [0.15, 0.2) is 11.5 Å². The molecule has 1 saturated heterocycles. The molecule has 1 fully saturated rings. The van der Waals surface area contributed by atoms with E-state index in [0.717, 1.165) is 18.7 Å². The molecule has 2 aliphatic rings. The van der Waals surface area contributed by atoms with Crippen molar-refractivity contribution >= 4 is 5.91 Å². The maximum atomic E-state index is 13.4. The number of para-hydroxylation sites is 2. The second-order valence-corrected chi connectivity index (χ2v) is 7.27. The molecule has 0 spiro atoms. The number of nitrogens with zero attached hydrogens (tertiary/aromatic N) is 1. The Bertz CT molecular complexity index is 839. The molecule has 2 aliphatic heterocycles. The van der Waals surface area contributed by atoms with Gasteiger partial charge in [0.05, 0.1) is 19.3 Å². The fourth-order valence-corrected chi connectivity index (χ4v) is 3.74. The van der Waals surface area contributed by atoms with Crippen LogP contribution in [0, 0.1) is 5.82 Å². The molecule has 2 heterocycles. The SMILES string of the molecule is CC1Oc2ccccc2OC1C(=O)NCC(c1ccc(F)cc1)N1CCOCC1. The second kappa shape index (κ2) is 8.80. The lowest BCUT2D eigenvalue weighted by atomic mass is 10.0. The Morgan fingerprint density at radius 3 is 2.45 bits per heavy atom. The number of carbonyl (C=O) groups excluding carboxylic acids is 1. The molecule has 2 aromatic rings. The highest BCUT2D eigenvalue weighted by Crippen LogP contribution is 2.33. The van der Waals surface area contributed by atoms with Crippen molar-refractivity contribution in [3.8, 4) is 11.5 Å². The van der Waals surface area contributed by atoms with Crippen LogP contribution in [0.5, 0.6) is 11.5 Å². The molecule has 0 aromatic heterocycles. The van der Waals surface area contributed by atoms with Gasteiger partial charge in [-0.05, 0) is 36.8 Å². The van der Waals surface area contributed by atoms with Crippen molar-refractivity contribution in [1.29, 1.82) is 0 Å². The maximum absolute atomic E-state index is 13.4. The third-order valence-corrected chi connectivity index (χ3v) is 5.31.